The Labute approximate surface area is 160 Å². The molecule has 1 N–H and O–H groups in total. The zero-order valence-electron chi connectivity index (χ0n) is 16.6. The molecule has 27 heavy (non-hydrogen) atoms. The van der Waals surface area contributed by atoms with Crippen LogP contribution in [-0.4, -0.2) is 59.1 Å². The molecule has 1 saturated heterocycles. The maximum atomic E-state index is 13.0. The number of methoxy groups -OCH3 is 1. The number of nitrogens with zero attached hydrogens (tertiary/aromatic N) is 4. The Morgan fingerprint density at radius 1 is 1.37 bits per heavy atom. The first kappa shape index (κ1) is 19.4. The molecule has 1 atom stereocenters. The Bertz CT molecular complexity index is 782. The number of hydrogen-bond donors (Lipinski definition) is 1. The van der Waals surface area contributed by atoms with E-state index in [1.165, 1.54) is 0 Å². The van der Waals surface area contributed by atoms with Crippen LogP contribution in [0.15, 0.2) is 24.3 Å². The molecule has 1 aromatic carbocycles. The van der Waals surface area contributed by atoms with Crippen LogP contribution in [0, 0.1) is 6.92 Å². The van der Waals surface area contributed by atoms with Crippen molar-refractivity contribution >= 4 is 5.91 Å². The maximum absolute atomic E-state index is 13.0. The first-order chi connectivity index (χ1) is 13.0. The fraction of sp³-hybridized carbons (Fsp3) is 0.550. The number of aromatic nitrogens is 3. The van der Waals surface area contributed by atoms with E-state index in [1.54, 1.807) is 12.0 Å². The summed E-state index contributed by atoms with van der Waals surface area (Å²) in [5.74, 6) is 0.758. The quantitative estimate of drug-likeness (QED) is 0.843. The SMILES string of the molecule is COc1ccccc1C[C@@H](C)N(C)C(=O)c1nnn(C2CCNCC2)c1C. The van der Waals surface area contributed by atoms with E-state index in [2.05, 4.69) is 15.6 Å². The second kappa shape index (κ2) is 8.52. The van der Waals surface area contributed by atoms with Gasteiger partial charge >= 0.3 is 0 Å². The minimum absolute atomic E-state index is 0.0113. The average Bonchev–Trinajstić information content (AvgIpc) is 3.09. The molecule has 0 aliphatic carbocycles. The van der Waals surface area contributed by atoms with Crippen LogP contribution in [0.2, 0.25) is 0 Å². The normalized spacial score (nSPS) is 16.1. The predicted octanol–water partition coefficient (Wildman–Crippen LogP) is 2.22. The third-order valence-electron chi connectivity index (χ3n) is 5.47. The number of carbonyl (C=O) groups is 1. The van der Waals surface area contributed by atoms with E-state index < -0.39 is 0 Å². The molecule has 1 fully saturated rings. The Hall–Kier alpha value is -2.41. The average molecular weight is 371 g/mol. The molecular weight excluding hydrogens is 342 g/mol. The summed E-state index contributed by atoms with van der Waals surface area (Å²) in [6.07, 6.45) is 2.74. The van der Waals surface area contributed by atoms with E-state index in [4.69, 9.17) is 4.74 Å². The van der Waals surface area contributed by atoms with Crippen molar-refractivity contribution in [2.24, 2.45) is 0 Å². The van der Waals surface area contributed by atoms with Crippen LogP contribution >= 0.6 is 0 Å². The van der Waals surface area contributed by atoms with Crippen LogP contribution in [0.25, 0.3) is 0 Å². The van der Waals surface area contributed by atoms with Crippen molar-refractivity contribution in [3.05, 3.63) is 41.2 Å². The van der Waals surface area contributed by atoms with Gasteiger partial charge in [-0.2, -0.15) is 0 Å². The molecule has 7 heteroatoms. The van der Waals surface area contributed by atoms with Crippen LogP contribution in [0.3, 0.4) is 0 Å². The summed E-state index contributed by atoms with van der Waals surface area (Å²) in [4.78, 5) is 14.8. The van der Waals surface area contributed by atoms with E-state index in [1.807, 2.05) is 49.8 Å². The summed E-state index contributed by atoms with van der Waals surface area (Å²) >= 11 is 0. The minimum atomic E-state index is -0.0879. The third kappa shape index (κ3) is 4.13. The molecule has 2 aromatic rings. The molecule has 0 saturated carbocycles. The van der Waals surface area contributed by atoms with E-state index in [9.17, 15) is 4.79 Å². The first-order valence-electron chi connectivity index (χ1n) is 9.54. The fourth-order valence-electron chi connectivity index (χ4n) is 3.63. The molecule has 146 valence electrons. The van der Waals surface area contributed by atoms with Crippen molar-refractivity contribution in [3.8, 4) is 5.75 Å². The molecular formula is C20H29N5O2. The van der Waals surface area contributed by atoms with Gasteiger partial charge in [0.1, 0.15) is 5.75 Å². The van der Waals surface area contributed by atoms with Crippen molar-refractivity contribution in [1.82, 2.24) is 25.2 Å². The van der Waals surface area contributed by atoms with Crippen LogP contribution in [-0.2, 0) is 6.42 Å². The monoisotopic (exact) mass is 371 g/mol. The highest BCUT2D eigenvalue weighted by molar-refractivity contribution is 5.93. The lowest BCUT2D eigenvalue weighted by atomic mass is 10.0. The van der Waals surface area contributed by atoms with E-state index in [-0.39, 0.29) is 11.9 Å². The second-order valence-corrected chi connectivity index (χ2v) is 7.23. The summed E-state index contributed by atoms with van der Waals surface area (Å²) in [5, 5.41) is 11.8. The number of hydrogen-bond acceptors (Lipinski definition) is 5. The summed E-state index contributed by atoms with van der Waals surface area (Å²) in [6, 6.07) is 8.24. The van der Waals surface area contributed by atoms with Crippen molar-refractivity contribution in [1.29, 1.82) is 0 Å². The van der Waals surface area contributed by atoms with Gasteiger partial charge < -0.3 is 15.0 Å². The zero-order valence-corrected chi connectivity index (χ0v) is 16.6. The van der Waals surface area contributed by atoms with Gasteiger partial charge in [-0.3, -0.25) is 4.79 Å². The molecule has 1 aliphatic rings. The highest BCUT2D eigenvalue weighted by atomic mass is 16.5. The van der Waals surface area contributed by atoms with Gasteiger partial charge in [-0.1, -0.05) is 23.4 Å². The summed E-state index contributed by atoms with van der Waals surface area (Å²) in [7, 11) is 3.49. The fourth-order valence-corrected chi connectivity index (χ4v) is 3.63. The highest BCUT2D eigenvalue weighted by Gasteiger charge is 2.26. The lowest BCUT2D eigenvalue weighted by molar-refractivity contribution is 0.0736. The van der Waals surface area contributed by atoms with Gasteiger partial charge in [0.25, 0.3) is 5.91 Å². The van der Waals surface area contributed by atoms with Crippen LogP contribution in [0.5, 0.6) is 5.75 Å². The van der Waals surface area contributed by atoms with E-state index in [0.717, 1.165) is 42.9 Å². The Morgan fingerprint density at radius 3 is 2.78 bits per heavy atom. The molecule has 0 bridgehead atoms. The Kier molecular flexibility index (Phi) is 6.11. The van der Waals surface area contributed by atoms with Gasteiger partial charge in [-0.25, -0.2) is 4.68 Å². The summed E-state index contributed by atoms with van der Waals surface area (Å²) in [6.45, 7) is 5.93. The molecule has 0 spiro atoms. The molecule has 1 aliphatic heterocycles. The predicted molar refractivity (Wildman–Crippen MR) is 104 cm³/mol. The lowest BCUT2D eigenvalue weighted by Gasteiger charge is -2.26. The lowest BCUT2D eigenvalue weighted by Crippen LogP contribution is -2.37. The van der Waals surface area contributed by atoms with Gasteiger partial charge in [-0.15, -0.1) is 5.10 Å². The summed E-state index contributed by atoms with van der Waals surface area (Å²) < 4.78 is 7.35. The topological polar surface area (TPSA) is 72.3 Å². The Morgan fingerprint density at radius 2 is 2.07 bits per heavy atom. The largest absolute Gasteiger partial charge is 0.496 e. The van der Waals surface area contributed by atoms with Crippen molar-refractivity contribution in [3.63, 3.8) is 0 Å². The minimum Gasteiger partial charge on any atom is -0.496 e. The number of likely N-dealkylation sites (N-methyl/N-ethyl adjacent to an activating group) is 1. The molecule has 0 radical (unpaired) electrons. The molecule has 7 nitrogen and oxygen atoms in total. The van der Waals surface area contributed by atoms with E-state index >= 15 is 0 Å². The van der Waals surface area contributed by atoms with Crippen LogP contribution in [0.1, 0.15) is 47.6 Å². The third-order valence-corrected chi connectivity index (χ3v) is 5.47. The van der Waals surface area contributed by atoms with Crippen molar-refractivity contribution < 1.29 is 9.53 Å². The van der Waals surface area contributed by atoms with Crippen molar-refractivity contribution in [2.75, 3.05) is 27.2 Å². The van der Waals surface area contributed by atoms with Crippen LogP contribution < -0.4 is 10.1 Å². The smallest absolute Gasteiger partial charge is 0.276 e. The summed E-state index contributed by atoms with van der Waals surface area (Å²) in [5.41, 5.74) is 2.38. The van der Waals surface area contributed by atoms with E-state index in [0.29, 0.717) is 18.2 Å². The molecule has 0 unspecified atom stereocenters. The number of benzene rings is 1. The Balaban J connectivity index is 1.72. The molecule has 3 rings (SSSR count). The number of amides is 1. The number of nitrogens with one attached hydrogen (secondary N) is 1. The molecule has 1 amide bonds. The molecule has 2 heterocycles. The highest BCUT2D eigenvalue weighted by Crippen LogP contribution is 2.23. The zero-order chi connectivity index (χ0) is 19.4. The number of rotatable bonds is 6. The van der Waals surface area contributed by atoms with Crippen molar-refractivity contribution in [2.45, 2.75) is 45.2 Å². The number of ether oxygens (including phenoxy) is 1. The standard InChI is InChI=1S/C20H29N5O2/c1-14(13-16-7-5-6-8-18(16)27-4)24(3)20(26)19-15(2)25(23-22-19)17-9-11-21-12-10-17/h5-8,14,17,21H,9-13H2,1-4H3/t14-/m1/s1. The van der Waals surface area contributed by atoms with Crippen LogP contribution in [0.4, 0.5) is 0 Å². The van der Waals surface area contributed by atoms with Gasteiger partial charge in [0.2, 0.25) is 0 Å². The van der Waals surface area contributed by atoms with Gasteiger partial charge in [0, 0.05) is 13.1 Å². The van der Waals surface area contributed by atoms with Gasteiger partial charge in [0.05, 0.1) is 18.8 Å². The number of carbonyl (C=O) groups excluding carboxylic acids is 1. The maximum Gasteiger partial charge on any atom is 0.276 e. The number of piperidine rings is 1. The number of para-hydroxylation sites is 1. The first-order valence-corrected chi connectivity index (χ1v) is 9.54. The van der Waals surface area contributed by atoms with Gasteiger partial charge in [0.15, 0.2) is 5.69 Å². The second-order valence-electron chi connectivity index (χ2n) is 7.23. The van der Waals surface area contributed by atoms with Gasteiger partial charge in [-0.05, 0) is 57.8 Å². The molecule has 1 aromatic heterocycles.